The third kappa shape index (κ3) is 3.71. The predicted octanol–water partition coefficient (Wildman–Crippen LogP) is 5.21. The molecule has 0 amide bonds. The Morgan fingerprint density at radius 2 is 1.64 bits per heavy atom. The summed E-state index contributed by atoms with van der Waals surface area (Å²) in [4.78, 5) is 41.7. The maximum atomic E-state index is 13.2. The van der Waals surface area contributed by atoms with Crippen LogP contribution in [0.25, 0.3) is 21.7 Å². The number of ketones is 1. The third-order valence-corrected chi connectivity index (χ3v) is 6.10. The number of esters is 1. The van der Waals surface area contributed by atoms with Crippen LogP contribution in [0.15, 0.2) is 60.7 Å². The van der Waals surface area contributed by atoms with Crippen molar-refractivity contribution in [2.75, 3.05) is 6.61 Å². The van der Waals surface area contributed by atoms with E-state index in [-0.39, 0.29) is 11.3 Å². The second-order valence-corrected chi connectivity index (χ2v) is 8.07. The first-order valence-electron chi connectivity index (χ1n) is 10.8. The Morgan fingerprint density at radius 3 is 2.48 bits per heavy atom. The van der Waals surface area contributed by atoms with Gasteiger partial charge in [-0.05, 0) is 48.8 Å². The summed E-state index contributed by atoms with van der Waals surface area (Å²) in [6.07, 6.45) is 3.56. The van der Waals surface area contributed by atoms with Crippen molar-refractivity contribution in [2.45, 2.75) is 25.7 Å². The van der Waals surface area contributed by atoms with Crippen LogP contribution in [0.1, 0.15) is 44.8 Å². The molecule has 4 aromatic rings. The number of nitro benzene ring substituents is 1. The van der Waals surface area contributed by atoms with E-state index in [1.165, 1.54) is 6.07 Å². The number of Topliss-reactive ketones (excluding diaryl/α,β-unsaturated/α-hetero) is 1. The normalized spacial score (nSPS) is 13.0. The van der Waals surface area contributed by atoms with Crippen LogP contribution in [-0.4, -0.2) is 28.3 Å². The van der Waals surface area contributed by atoms with Crippen molar-refractivity contribution in [3.05, 3.63) is 93.2 Å². The summed E-state index contributed by atoms with van der Waals surface area (Å²) in [7, 11) is 0. The van der Waals surface area contributed by atoms with E-state index in [1.54, 1.807) is 30.3 Å². The topological polar surface area (TPSA) is 99.4 Å². The molecule has 3 aromatic carbocycles. The lowest BCUT2D eigenvalue weighted by molar-refractivity contribution is -0.383. The van der Waals surface area contributed by atoms with Crippen LogP contribution in [0.2, 0.25) is 0 Å². The third-order valence-electron chi connectivity index (χ3n) is 6.10. The van der Waals surface area contributed by atoms with E-state index < -0.39 is 23.3 Å². The minimum absolute atomic E-state index is 0.0750. The van der Waals surface area contributed by atoms with Crippen LogP contribution in [0.4, 0.5) is 5.69 Å². The largest absolute Gasteiger partial charge is 0.454 e. The minimum atomic E-state index is -0.550. The van der Waals surface area contributed by atoms with E-state index in [1.807, 2.05) is 24.3 Å². The quantitative estimate of drug-likeness (QED) is 0.183. The summed E-state index contributed by atoms with van der Waals surface area (Å²) >= 11 is 0. The second-order valence-electron chi connectivity index (χ2n) is 8.07. The SMILES string of the molecule is O=C(OCC(=O)c1cccc2c([N+](=O)[O-])cccc12)c1c2c(nc3ccccc13)CCCC2. The smallest absolute Gasteiger partial charge is 0.339 e. The Labute approximate surface area is 189 Å². The van der Waals surface area contributed by atoms with Crippen molar-refractivity contribution < 1.29 is 19.2 Å². The summed E-state index contributed by atoms with van der Waals surface area (Å²) in [5.41, 5.74) is 3.24. The maximum Gasteiger partial charge on any atom is 0.339 e. The fraction of sp³-hybridized carbons (Fsp3) is 0.192. The molecule has 0 unspecified atom stereocenters. The zero-order valence-corrected chi connectivity index (χ0v) is 17.7. The van der Waals surface area contributed by atoms with Gasteiger partial charge in [0.25, 0.3) is 5.69 Å². The molecule has 0 radical (unpaired) electrons. The molecule has 0 aliphatic heterocycles. The number of benzene rings is 3. The summed E-state index contributed by atoms with van der Waals surface area (Å²) < 4.78 is 5.49. The number of pyridine rings is 1. The molecule has 0 atom stereocenters. The Kier molecular flexibility index (Phi) is 5.30. The van der Waals surface area contributed by atoms with Gasteiger partial charge in [-0.25, -0.2) is 4.79 Å². The van der Waals surface area contributed by atoms with Gasteiger partial charge < -0.3 is 4.74 Å². The van der Waals surface area contributed by atoms with E-state index in [2.05, 4.69) is 0 Å². The fourth-order valence-corrected chi connectivity index (χ4v) is 4.58. The van der Waals surface area contributed by atoms with E-state index in [0.29, 0.717) is 16.3 Å². The average Bonchev–Trinajstić information content (AvgIpc) is 2.84. The zero-order chi connectivity index (χ0) is 22.9. The van der Waals surface area contributed by atoms with Gasteiger partial charge in [-0.15, -0.1) is 0 Å². The molecule has 0 bridgehead atoms. The summed E-state index contributed by atoms with van der Waals surface area (Å²) in [5, 5.41) is 12.9. The van der Waals surface area contributed by atoms with Crippen LogP contribution < -0.4 is 0 Å². The van der Waals surface area contributed by atoms with Crippen molar-refractivity contribution in [3.63, 3.8) is 0 Å². The van der Waals surface area contributed by atoms with Crippen LogP contribution in [0.3, 0.4) is 0 Å². The maximum absolute atomic E-state index is 13.2. The Hall–Kier alpha value is -4.13. The van der Waals surface area contributed by atoms with Gasteiger partial charge in [0.05, 0.1) is 21.4 Å². The van der Waals surface area contributed by atoms with Gasteiger partial charge in [0.2, 0.25) is 5.78 Å². The lowest BCUT2D eigenvalue weighted by atomic mass is 9.90. The number of aromatic nitrogens is 1. The molecule has 1 heterocycles. The van der Waals surface area contributed by atoms with E-state index >= 15 is 0 Å². The van der Waals surface area contributed by atoms with Crippen LogP contribution >= 0.6 is 0 Å². The van der Waals surface area contributed by atoms with E-state index in [4.69, 9.17) is 9.72 Å². The molecule has 0 N–H and O–H groups in total. The molecule has 33 heavy (non-hydrogen) atoms. The number of fused-ring (bicyclic) bond motifs is 3. The summed E-state index contributed by atoms with van der Waals surface area (Å²) in [6.45, 7) is -0.452. The molecular formula is C26H20N2O5. The summed E-state index contributed by atoms with van der Waals surface area (Å²) in [5.74, 6) is -0.965. The molecule has 0 fully saturated rings. The highest BCUT2D eigenvalue weighted by Gasteiger charge is 2.24. The number of aryl methyl sites for hydroxylation is 1. The lowest BCUT2D eigenvalue weighted by Crippen LogP contribution is -2.19. The Balaban J connectivity index is 1.46. The standard InChI is InChI=1S/C26H20N2O5/c29-24(18-11-5-10-17-16(18)9-6-14-23(17)28(31)32)15-33-26(30)25-19-7-1-3-12-21(19)27-22-13-4-2-8-20(22)25/h1,3,5-7,9-12,14H,2,4,8,13,15H2. The molecule has 0 spiro atoms. The summed E-state index contributed by atoms with van der Waals surface area (Å²) in [6, 6.07) is 16.8. The number of ether oxygens (including phenoxy) is 1. The monoisotopic (exact) mass is 440 g/mol. The van der Waals surface area contributed by atoms with Gasteiger partial charge in [0.15, 0.2) is 6.61 Å². The number of rotatable bonds is 5. The van der Waals surface area contributed by atoms with Gasteiger partial charge in [-0.3, -0.25) is 19.9 Å². The van der Waals surface area contributed by atoms with Crippen molar-refractivity contribution >= 4 is 39.1 Å². The highest BCUT2D eigenvalue weighted by Crippen LogP contribution is 2.31. The molecule has 7 nitrogen and oxygen atoms in total. The van der Waals surface area contributed by atoms with Crippen molar-refractivity contribution in [3.8, 4) is 0 Å². The lowest BCUT2D eigenvalue weighted by Gasteiger charge is -2.20. The molecule has 164 valence electrons. The molecule has 5 rings (SSSR count). The zero-order valence-electron chi connectivity index (χ0n) is 17.7. The van der Waals surface area contributed by atoms with Gasteiger partial charge in [0.1, 0.15) is 0 Å². The molecule has 0 saturated carbocycles. The average molecular weight is 440 g/mol. The number of para-hydroxylation sites is 1. The fourth-order valence-electron chi connectivity index (χ4n) is 4.58. The van der Waals surface area contributed by atoms with E-state index in [9.17, 15) is 19.7 Å². The van der Waals surface area contributed by atoms with Crippen LogP contribution in [0.5, 0.6) is 0 Å². The van der Waals surface area contributed by atoms with Crippen molar-refractivity contribution in [1.82, 2.24) is 4.98 Å². The number of carbonyl (C=O) groups is 2. The van der Waals surface area contributed by atoms with Gasteiger partial charge >= 0.3 is 5.97 Å². The molecule has 0 saturated heterocycles. The van der Waals surface area contributed by atoms with Crippen LogP contribution in [-0.2, 0) is 17.6 Å². The van der Waals surface area contributed by atoms with Crippen molar-refractivity contribution in [2.24, 2.45) is 0 Å². The number of carbonyl (C=O) groups excluding carboxylic acids is 2. The Morgan fingerprint density at radius 1 is 0.909 bits per heavy atom. The number of nitro groups is 1. The Bertz CT molecular complexity index is 1440. The van der Waals surface area contributed by atoms with Crippen LogP contribution in [0, 0.1) is 10.1 Å². The van der Waals surface area contributed by atoms with Gasteiger partial charge in [0, 0.05) is 22.7 Å². The number of hydrogen-bond acceptors (Lipinski definition) is 6. The highest BCUT2D eigenvalue weighted by atomic mass is 16.6. The molecule has 7 heteroatoms. The first kappa shape index (κ1) is 20.8. The number of nitrogens with zero attached hydrogens (tertiary/aromatic N) is 2. The van der Waals surface area contributed by atoms with E-state index in [0.717, 1.165) is 47.8 Å². The number of non-ortho nitro benzene ring substituents is 1. The highest BCUT2D eigenvalue weighted by molar-refractivity contribution is 6.12. The minimum Gasteiger partial charge on any atom is -0.454 e. The molecule has 1 aliphatic rings. The van der Waals surface area contributed by atoms with Gasteiger partial charge in [-0.1, -0.05) is 42.5 Å². The molecule has 1 aromatic heterocycles. The predicted molar refractivity (Wildman–Crippen MR) is 124 cm³/mol. The first-order chi connectivity index (χ1) is 16.0. The first-order valence-corrected chi connectivity index (χ1v) is 10.8. The molecule has 1 aliphatic carbocycles. The number of hydrogen-bond donors (Lipinski definition) is 0. The second kappa shape index (κ2) is 8.43. The van der Waals surface area contributed by atoms with Gasteiger partial charge in [-0.2, -0.15) is 0 Å². The van der Waals surface area contributed by atoms with Crippen molar-refractivity contribution in [1.29, 1.82) is 0 Å². The molecular weight excluding hydrogens is 420 g/mol.